The molecule has 17 heavy (non-hydrogen) atoms. The van der Waals surface area contributed by atoms with E-state index in [0.717, 1.165) is 24.5 Å². The molecule has 0 unspecified atom stereocenters. The number of rotatable bonds is 2. The Morgan fingerprint density at radius 3 is 2.53 bits per heavy atom. The fraction of sp³-hybridized carbons (Fsp3) is 0.571. The Bertz CT molecular complexity index is 327. The summed E-state index contributed by atoms with van der Waals surface area (Å²) in [7, 11) is 1.87. The highest BCUT2D eigenvalue weighted by molar-refractivity contribution is 6.00. The smallest absolute Gasteiger partial charge is 0.0842 e. The SMILES string of the molecule is CC.CN=C(c1ccccn1)C1CCNCC1. The summed E-state index contributed by atoms with van der Waals surface area (Å²) >= 11 is 0. The number of aliphatic imine (C=N–C) groups is 1. The number of hydrogen-bond acceptors (Lipinski definition) is 3. The number of pyridine rings is 1. The second-order valence-corrected chi connectivity index (χ2v) is 3.85. The molecule has 1 fully saturated rings. The van der Waals surface area contributed by atoms with Crippen LogP contribution in [0.25, 0.3) is 0 Å². The van der Waals surface area contributed by atoms with Crippen molar-refractivity contribution >= 4 is 5.71 Å². The zero-order chi connectivity index (χ0) is 12.5. The number of hydrogen-bond donors (Lipinski definition) is 1. The Morgan fingerprint density at radius 1 is 1.29 bits per heavy atom. The quantitative estimate of drug-likeness (QED) is 0.797. The van der Waals surface area contributed by atoms with Crippen LogP contribution in [0.3, 0.4) is 0 Å². The van der Waals surface area contributed by atoms with Gasteiger partial charge in [0.25, 0.3) is 0 Å². The van der Waals surface area contributed by atoms with E-state index in [-0.39, 0.29) is 0 Å². The third-order valence-corrected chi connectivity index (χ3v) is 2.89. The number of nitrogens with zero attached hydrogens (tertiary/aromatic N) is 2. The maximum Gasteiger partial charge on any atom is 0.0842 e. The van der Waals surface area contributed by atoms with Crippen molar-refractivity contribution < 1.29 is 0 Å². The average Bonchev–Trinajstić information content (AvgIpc) is 2.44. The van der Waals surface area contributed by atoms with Gasteiger partial charge in [0.05, 0.1) is 11.4 Å². The minimum absolute atomic E-state index is 0.575. The molecule has 0 radical (unpaired) electrons. The van der Waals surface area contributed by atoms with Gasteiger partial charge in [0, 0.05) is 19.2 Å². The van der Waals surface area contributed by atoms with Crippen LogP contribution in [0.5, 0.6) is 0 Å². The van der Waals surface area contributed by atoms with Gasteiger partial charge >= 0.3 is 0 Å². The molecule has 1 saturated heterocycles. The third kappa shape index (κ3) is 3.93. The van der Waals surface area contributed by atoms with Gasteiger partial charge < -0.3 is 5.32 Å². The lowest BCUT2D eigenvalue weighted by molar-refractivity contribution is 0.456. The van der Waals surface area contributed by atoms with Crippen molar-refractivity contribution in [2.45, 2.75) is 26.7 Å². The van der Waals surface area contributed by atoms with Gasteiger partial charge in [-0.2, -0.15) is 0 Å². The molecular weight excluding hydrogens is 210 g/mol. The number of piperidine rings is 1. The highest BCUT2D eigenvalue weighted by atomic mass is 14.9. The van der Waals surface area contributed by atoms with E-state index in [2.05, 4.69) is 15.3 Å². The van der Waals surface area contributed by atoms with E-state index < -0.39 is 0 Å². The maximum atomic E-state index is 4.41. The maximum absolute atomic E-state index is 4.41. The predicted octanol–water partition coefficient (Wildman–Crippen LogP) is 2.53. The first-order valence-corrected chi connectivity index (χ1v) is 6.50. The molecule has 94 valence electrons. The summed E-state index contributed by atoms with van der Waals surface area (Å²) in [5.74, 6) is 0.575. The monoisotopic (exact) mass is 233 g/mol. The first-order valence-electron chi connectivity index (χ1n) is 6.50. The van der Waals surface area contributed by atoms with Gasteiger partial charge in [0.1, 0.15) is 0 Å². The van der Waals surface area contributed by atoms with Gasteiger partial charge in [0.15, 0.2) is 0 Å². The van der Waals surface area contributed by atoms with E-state index in [1.54, 1.807) is 0 Å². The molecule has 1 N–H and O–H groups in total. The molecular formula is C14H23N3. The second-order valence-electron chi connectivity index (χ2n) is 3.85. The summed E-state index contributed by atoms with van der Waals surface area (Å²) < 4.78 is 0. The van der Waals surface area contributed by atoms with Gasteiger partial charge in [-0.15, -0.1) is 0 Å². The Morgan fingerprint density at radius 2 is 2.00 bits per heavy atom. The van der Waals surface area contributed by atoms with Gasteiger partial charge in [-0.05, 0) is 38.1 Å². The zero-order valence-electron chi connectivity index (χ0n) is 11.1. The summed E-state index contributed by atoms with van der Waals surface area (Å²) in [5.41, 5.74) is 2.20. The predicted molar refractivity (Wildman–Crippen MR) is 73.6 cm³/mol. The van der Waals surface area contributed by atoms with Crippen molar-refractivity contribution in [1.29, 1.82) is 0 Å². The summed E-state index contributed by atoms with van der Waals surface area (Å²) in [6.45, 7) is 6.19. The lowest BCUT2D eigenvalue weighted by atomic mass is 9.91. The van der Waals surface area contributed by atoms with Crippen LogP contribution in [-0.2, 0) is 0 Å². The molecule has 1 aromatic rings. The normalized spacial score (nSPS) is 17.2. The molecule has 3 heteroatoms. The van der Waals surface area contributed by atoms with Crippen molar-refractivity contribution in [2.24, 2.45) is 10.9 Å². The molecule has 2 rings (SSSR count). The van der Waals surface area contributed by atoms with Crippen LogP contribution in [-0.4, -0.2) is 30.8 Å². The highest BCUT2D eigenvalue weighted by Crippen LogP contribution is 2.17. The van der Waals surface area contributed by atoms with E-state index in [4.69, 9.17) is 0 Å². The van der Waals surface area contributed by atoms with Gasteiger partial charge in [0.2, 0.25) is 0 Å². The van der Waals surface area contributed by atoms with Gasteiger partial charge in [-0.25, -0.2) is 0 Å². The van der Waals surface area contributed by atoms with Crippen LogP contribution in [0.2, 0.25) is 0 Å². The molecule has 0 bridgehead atoms. The fourth-order valence-electron chi connectivity index (χ4n) is 2.12. The average molecular weight is 233 g/mol. The topological polar surface area (TPSA) is 37.3 Å². The lowest BCUT2D eigenvalue weighted by Crippen LogP contribution is -2.32. The van der Waals surface area contributed by atoms with Crippen molar-refractivity contribution in [1.82, 2.24) is 10.3 Å². The van der Waals surface area contributed by atoms with Crippen molar-refractivity contribution in [3.05, 3.63) is 30.1 Å². The minimum Gasteiger partial charge on any atom is -0.317 e. The van der Waals surface area contributed by atoms with Crippen LogP contribution < -0.4 is 5.32 Å². The van der Waals surface area contributed by atoms with E-state index in [9.17, 15) is 0 Å². The molecule has 3 nitrogen and oxygen atoms in total. The van der Waals surface area contributed by atoms with E-state index >= 15 is 0 Å². The molecule has 0 spiro atoms. The van der Waals surface area contributed by atoms with E-state index in [1.807, 2.05) is 45.3 Å². The molecule has 0 aliphatic carbocycles. The Hall–Kier alpha value is -1.22. The van der Waals surface area contributed by atoms with Crippen molar-refractivity contribution in [2.75, 3.05) is 20.1 Å². The molecule has 1 aliphatic rings. The fourth-order valence-corrected chi connectivity index (χ4v) is 2.12. The van der Waals surface area contributed by atoms with Gasteiger partial charge in [-0.1, -0.05) is 19.9 Å². The van der Waals surface area contributed by atoms with Crippen LogP contribution in [0.15, 0.2) is 29.4 Å². The van der Waals surface area contributed by atoms with Crippen LogP contribution in [0.1, 0.15) is 32.4 Å². The number of nitrogens with one attached hydrogen (secondary N) is 1. The minimum atomic E-state index is 0.575. The summed E-state index contributed by atoms with van der Waals surface area (Å²) in [6, 6.07) is 6.01. The highest BCUT2D eigenvalue weighted by Gasteiger charge is 2.20. The number of aromatic nitrogens is 1. The molecule has 0 atom stereocenters. The van der Waals surface area contributed by atoms with Gasteiger partial charge in [-0.3, -0.25) is 9.98 Å². The summed E-state index contributed by atoms with van der Waals surface area (Å²) in [4.78, 5) is 8.78. The molecule has 1 aromatic heterocycles. The van der Waals surface area contributed by atoms with Crippen molar-refractivity contribution in [3.8, 4) is 0 Å². The van der Waals surface area contributed by atoms with E-state index in [0.29, 0.717) is 5.92 Å². The largest absolute Gasteiger partial charge is 0.317 e. The van der Waals surface area contributed by atoms with Crippen LogP contribution in [0, 0.1) is 5.92 Å². The molecule has 0 amide bonds. The summed E-state index contributed by atoms with van der Waals surface area (Å²) in [6.07, 6.45) is 4.17. The molecule has 0 saturated carbocycles. The standard InChI is InChI=1S/C12H17N3.C2H6/c1-13-12(10-5-8-14-9-6-10)11-4-2-3-7-15-11;1-2/h2-4,7,10,14H,5-6,8-9H2,1H3;1-2H3. The molecule has 2 heterocycles. The molecule has 0 aromatic carbocycles. The molecule has 1 aliphatic heterocycles. The zero-order valence-corrected chi connectivity index (χ0v) is 11.1. The first-order chi connectivity index (χ1) is 8.42. The summed E-state index contributed by atoms with van der Waals surface area (Å²) in [5, 5.41) is 3.37. The first kappa shape index (κ1) is 13.8. The Kier molecular flexibility index (Phi) is 6.48. The Labute approximate surface area is 104 Å². The second kappa shape index (κ2) is 7.96. The third-order valence-electron chi connectivity index (χ3n) is 2.89. The van der Waals surface area contributed by atoms with E-state index in [1.165, 1.54) is 12.8 Å². The van der Waals surface area contributed by atoms with Crippen LogP contribution in [0.4, 0.5) is 0 Å². The lowest BCUT2D eigenvalue weighted by Gasteiger charge is -2.23. The Balaban J connectivity index is 0.000000686. The van der Waals surface area contributed by atoms with Crippen molar-refractivity contribution in [3.63, 3.8) is 0 Å². The van der Waals surface area contributed by atoms with Crippen LogP contribution >= 0.6 is 0 Å².